The Morgan fingerprint density at radius 2 is 1.96 bits per heavy atom. The first-order chi connectivity index (χ1) is 13.7. The lowest BCUT2D eigenvalue weighted by molar-refractivity contribution is -0.144. The summed E-state index contributed by atoms with van der Waals surface area (Å²) in [5.74, 6) is -0.0371. The number of esters is 1. The van der Waals surface area contributed by atoms with Crippen LogP contribution in [0.25, 0.3) is 22.1 Å². The van der Waals surface area contributed by atoms with Crippen LogP contribution in [0.1, 0.15) is 5.56 Å². The molecule has 7 nitrogen and oxygen atoms in total. The fraction of sp³-hybridized carbons (Fsp3) is 0.190. The Morgan fingerprint density at radius 3 is 2.75 bits per heavy atom. The maximum atomic E-state index is 12.2. The third-order valence-electron chi connectivity index (χ3n) is 4.63. The fourth-order valence-electron chi connectivity index (χ4n) is 3.19. The van der Waals surface area contributed by atoms with Crippen LogP contribution in [0.4, 0.5) is 5.82 Å². The van der Waals surface area contributed by atoms with Crippen molar-refractivity contribution in [2.75, 3.05) is 19.0 Å². The van der Waals surface area contributed by atoms with Crippen molar-refractivity contribution in [3.8, 4) is 5.75 Å². The molecule has 2 aromatic carbocycles. The van der Waals surface area contributed by atoms with E-state index in [1.54, 1.807) is 24.3 Å². The summed E-state index contributed by atoms with van der Waals surface area (Å²) in [6.07, 6.45) is 1.94. The van der Waals surface area contributed by atoms with Crippen molar-refractivity contribution in [2.24, 2.45) is 5.92 Å². The van der Waals surface area contributed by atoms with E-state index in [1.807, 2.05) is 24.3 Å². The number of furan rings is 1. The number of ether oxygens (including phenoxy) is 1. The molecule has 0 radical (unpaired) electrons. The molecule has 0 fully saturated rings. The molecule has 4 rings (SSSR count). The number of fused-ring (bicyclic) bond motifs is 3. The van der Waals surface area contributed by atoms with Crippen molar-refractivity contribution in [1.82, 2.24) is 9.97 Å². The average molecular weight is 377 g/mol. The van der Waals surface area contributed by atoms with Gasteiger partial charge in [0.25, 0.3) is 0 Å². The highest BCUT2D eigenvalue weighted by molar-refractivity contribution is 6.05. The quantitative estimate of drug-likeness (QED) is 0.496. The molecule has 28 heavy (non-hydrogen) atoms. The zero-order valence-corrected chi connectivity index (χ0v) is 15.3. The van der Waals surface area contributed by atoms with Crippen molar-refractivity contribution in [3.05, 3.63) is 60.4 Å². The molecule has 1 atom stereocenters. The summed E-state index contributed by atoms with van der Waals surface area (Å²) < 4.78 is 10.9. The lowest BCUT2D eigenvalue weighted by Gasteiger charge is -2.16. The van der Waals surface area contributed by atoms with Crippen molar-refractivity contribution >= 4 is 33.9 Å². The highest BCUT2D eigenvalue weighted by Gasteiger charge is 2.21. The number of phenols is 1. The van der Waals surface area contributed by atoms with E-state index in [2.05, 4.69) is 15.3 Å². The minimum absolute atomic E-state index is 0.185. The van der Waals surface area contributed by atoms with E-state index in [0.717, 1.165) is 22.0 Å². The van der Waals surface area contributed by atoms with Gasteiger partial charge in [0.05, 0.1) is 13.0 Å². The first kappa shape index (κ1) is 17.8. The molecule has 142 valence electrons. The van der Waals surface area contributed by atoms with Gasteiger partial charge < -0.3 is 19.6 Å². The Bertz CT molecular complexity index is 1120. The van der Waals surface area contributed by atoms with Gasteiger partial charge in [0, 0.05) is 11.9 Å². The third kappa shape index (κ3) is 3.46. The molecule has 2 N–H and O–H groups in total. The molecule has 0 saturated heterocycles. The van der Waals surface area contributed by atoms with E-state index in [9.17, 15) is 9.90 Å². The van der Waals surface area contributed by atoms with Crippen LogP contribution in [0.5, 0.6) is 5.75 Å². The van der Waals surface area contributed by atoms with E-state index in [1.165, 1.54) is 13.4 Å². The Labute approximate surface area is 161 Å². The molecule has 0 bridgehead atoms. The van der Waals surface area contributed by atoms with Gasteiger partial charge in [-0.25, -0.2) is 9.97 Å². The van der Waals surface area contributed by atoms with E-state index in [0.29, 0.717) is 24.4 Å². The SMILES string of the molecule is COC(=O)C(CNc1ncnc2c1oc1ccccc12)Cc1ccc(O)cc1. The van der Waals surface area contributed by atoms with Crippen LogP contribution in [-0.2, 0) is 16.0 Å². The summed E-state index contributed by atoms with van der Waals surface area (Å²) in [4.78, 5) is 20.8. The van der Waals surface area contributed by atoms with Crippen molar-refractivity contribution in [3.63, 3.8) is 0 Å². The van der Waals surface area contributed by atoms with Crippen LogP contribution >= 0.6 is 0 Å². The van der Waals surface area contributed by atoms with Crippen LogP contribution < -0.4 is 5.32 Å². The molecule has 0 aliphatic rings. The van der Waals surface area contributed by atoms with Gasteiger partial charge in [0.1, 0.15) is 23.2 Å². The minimum atomic E-state index is -0.427. The molecular weight excluding hydrogens is 358 g/mol. The largest absolute Gasteiger partial charge is 0.508 e. The number of aromatic nitrogens is 2. The number of rotatable bonds is 6. The number of carbonyl (C=O) groups is 1. The summed E-state index contributed by atoms with van der Waals surface area (Å²) in [5, 5.41) is 13.5. The number of benzene rings is 2. The van der Waals surface area contributed by atoms with Gasteiger partial charge in [-0.3, -0.25) is 4.79 Å². The van der Waals surface area contributed by atoms with Crippen LogP contribution in [0.3, 0.4) is 0 Å². The predicted octanol–water partition coefficient (Wildman–Crippen LogP) is 3.53. The number of methoxy groups -OCH3 is 1. The summed E-state index contributed by atoms with van der Waals surface area (Å²) in [6, 6.07) is 14.4. The van der Waals surface area contributed by atoms with Crippen LogP contribution in [0.2, 0.25) is 0 Å². The van der Waals surface area contributed by atoms with E-state index < -0.39 is 5.92 Å². The maximum Gasteiger partial charge on any atom is 0.310 e. The maximum absolute atomic E-state index is 12.2. The molecule has 0 amide bonds. The fourth-order valence-corrected chi connectivity index (χ4v) is 3.19. The van der Waals surface area contributed by atoms with Gasteiger partial charge in [-0.05, 0) is 36.2 Å². The number of hydrogen-bond acceptors (Lipinski definition) is 7. The Balaban J connectivity index is 1.58. The number of aromatic hydroxyl groups is 1. The second-order valence-corrected chi connectivity index (χ2v) is 6.47. The van der Waals surface area contributed by atoms with Gasteiger partial charge in [-0.15, -0.1) is 0 Å². The summed E-state index contributed by atoms with van der Waals surface area (Å²) in [6.45, 7) is 0.316. The topological polar surface area (TPSA) is 97.5 Å². The first-order valence-electron chi connectivity index (χ1n) is 8.87. The average Bonchev–Trinajstić information content (AvgIpc) is 3.11. The zero-order chi connectivity index (χ0) is 19.5. The lowest BCUT2D eigenvalue weighted by atomic mass is 9.99. The molecule has 4 aromatic rings. The minimum Gasteiger partial charge on any atom is -0.508 e. The summed E-state index contributed by atoms with van der Waals surface area (Å²) in [5.41, 5.74) is 2.93. The number of nitrogens with one attached hydrogen (secondary N) is 1. The van der Waals surface area contributed by atoms with Crippen LogP contribution in [0.15, 0.2) is 59.3 Å². The zero-order valence-electron chi connectivity index (χ0n) is 15.3. The van der Waals surface area contributed by atoms with Gasteiger partial charge in [0.2, 0.25) is 0 Å². The number of anilines is 1. The van der Waals surface area contributed by atoms with Gasteiger partial charge in [-0.1, -0.05) is 24.3 Å². The lowest BCUT2D eigenvalue weighted by Crippen LogP contribution is -2.26. The number of carbonyl (C=O) groups excluding carboxylic acids is 1. The molecule has 1 unspecified atom stereocenters. The Kier molecular flexibility index (Phi) is 4.80. The molecular formula is C21H19N3O4. The van der Waals surface area contributed by atoms with E-state index >= 15 is 0 Å². The first-order valence-corrected chi connectivity index (χ1v) is 8.87. The summed E-state index contributed by atoms with van der Waals surface area (Å²) in [7, 11) is 1.37. The standard InChI is InChI=1S/C21H19N3O4/c1-27-21(26)14(10-13-6-8-15(25)9-7-13)11-22-20-19-18(23-12-24-20)16-4-2-3-5-17(16)28-19/h2-9,12,14,25H,10-11H2,1H3,(H,22,23,24). The molecule has 2 aromatic heterocycles. The second-order valence-electron chi connectivity index (χ2n) is 6.47. The Morgan fingerprint density at radius 1 is 1.18 bits per heavy atom. The molecule has 7 heteroatoms. The second kappa shape index (κ2) is 7.56. The monoisotopic (exact) mass is 377 g/mol. The van der Waals surface area contributed by atoms with Crippen LogP contribution in [-0.4, -0.2) is 34.7 Å². The smallest absolute Gasteiger partial charge is 0.310 e. The van der Waals surface area contributed by atoms with Crippen molar-refractivity contribution < 1.29 is 19.1 Å². The Hall–Kier alpha value is -3.61. The van der Waals surface area contributed by atoms with Gasteiger partial charge >= 0.3 is 5.97 Å². The molecule has 0 saturated carbocycles. The van der Waals surface area contributed by atoms with E-state index in [-0.39, 0.29) is 11.7 Å². The van der Waals surface area contributed by atoms with Gasteiger partial charge in [-0.2, -0.15) is 0 Å². The molecule has 0 spiro atoms. The summed E-state index contributed by atoms with van der Waals surface area (Å²) >= 11 is 0. The number of nitrogens with zero attached hydrogens (tertiary/aromatic N) is 2. The van der Waals surface area contributed by atoms with Crippen molar-refractivity contribution in [1.29, 1.82) is 0 Å². The third-order valence-corrected chi connectivity index (χ3v) is 4.63. The molecule has 2 heterocycles. The number of phenolic OH excluding ortho intramolecular Hbond substituents is 1. The van der Waals surface area contributed by atoms with Gasteiger partial charge in [0.15, 0.2) is 11.4 Å². The van der Waals surface area contributed by atoms with Crippen LogP contribution in [0, 0.1) is 5.92 Å². The molecule has 0 aliphatic heterocycles. The molecule has 0 aliphatic carbocycles. The number of hydrogen-bond donors (Lipinski definition) is 2. The highest BCUT2D eigenvalue weighted by Crippen LogP contribution is 2.30. The highest BCUT2D eigenvalue weighted by atomic mass is 16.5. The number of para-hydroxylation sites is 1. The normalized spacial score (nSPS) is 12.2. The predicted molar refractivity (Wildman–Crippen MR) is 105 cm³/mol. The van der Waals surface area contributed by atoms with E-state index in [4.69, 9.17) is 9.15 Å². The van der Waals surface area contributed by atoms with Crippen molar-refractivity contribution in [2.45, 2.75) is 6.42 Å².